The molecule has 0 spiro atoms. The Morgan fingerprint density at radius 2 is 2.00 bits per heavy atom. The monoisotopic (exact) mass is 293 g/mol. The van der Waals surface area contributed by atoms with Crippen LogP contribution in [-0.4, -0.2) is 31.7 Å². The van der Waals surface area contributed by atoms with Gasteiger partial charge in [0.1, 0.15) is 0 Å². The highest BCUT2D eigenvalue weighted by Crippen LogP contribution is 2.33. The normalized spacial score (nSPS) is 23.4. The zero-order valence-electron chi connectivity index (χ0n) is 11.0. The lowest BCUT2D eigenvalue weighted by molar-refractivity contribution is -0.126. The van der Waals surface area contributed by atoms with E-state index in [1.54, 1.807) is 6.92 Å². The molecule has 1 aromatic rings. The molecule has 2 rings (SSSR count). The van der Waals surface area contributed by atoms with Gasteiger partial charge in [0.15, 0.2) is 0 Å². The summed E-state index contributed by atoms with van der Waals surface area (Å²) in [6.45, 7) is 2.02. The topological polar surface area (TPSA) is 104 Å². The molecule has 1 atom stereocenters. The highest BCUT2D eigenvalue weighted by molar-refractivity contribution is 7.89. The second kappa shape index (κ2) is 4.89. The highest BCUT2D eigenvalue weighted by atomic mass is 32.2. The lowest BCUT2D eigenvalue weighted by Crippen LogP contribution is -2.38. The van der Waals surface area contributed by atoms with Crippen LogP contribution in [0.15, 0.2) is 29.2 Å². The molecule has 1 heterocycles. The van der Waals surface area contributed by atoms with E-state index in [-0.39, 0.29) is 18.0 Å². The summed E-state index contributed by atoms with van der Waals surface area (Å²) in [5.41, 5.74) is 4.89. The molecular weight excluding hydrogens is 278 g/mol. The molecular formula is C13H15N3O3S. The molecule has 1 aliphatic rings. The van der Waals surface area contributed by atoms with E-state index in [0.717, 1.165) is 0 Å². The molecule has 0 aromatic heterocycles. The minimum absolute atomic E-state index is 0.0880. The number of primary amides is 1. The number of amides is 1. The van der Waals surface area contributed by atoms with Crippen LogP contribution in [0.4, 0.5) is 0 Å². The molecule has 0 saturated carbocycles. The number of benzene rings is 1. The number of hydrogen-bond donors (Lipinski definition) is 1. The van der Waals surface area contributed by atoms with Crippen molar-refractivity contribution in [2.24, 2.45) is 11.1 Å². The Morgan fingerprint density at radius 3 is 2.45 bits per heavy atom. The summed E-state index contributed by atoms with van der Waals surface area (Å²) < 4.78 is 26.1. The van der Waals surface area contributed by atoms with Crippen LogP contribution in [0.5, 0.6) is 0 Å². The van der Waals surface area contributed by atoms with Gasteiger partial charge >= 0.3 is 0 Å². The highest BCUT2D eigenvalue weighted by Gasteiger charge is 2.43. The van der Waals surface area contributed by atoms with Crippen molar-refractivity contribution >= 4 is 15.9 Å². The van der Waals surface area contributed by atoms with Crippen molar-refractivity contribution in [2.45, 2.75) is 18.2 Å². The van der Waals surface area contributed by atoms with Gasteiger partial charge in [0.2, 0.25) is 15.9 Å². The van der Waals surface area contributed by atoms with E-state index in [4.69, 9.17) is 11.0 Å². The molecule has 0 radical (unpaired) electrons. The van der Waals surface area contributed by atoms with Crippen molar-refractivity contribution in [3.05, 3.63) is 29.8 Å². The molecule has 106 valence electrons. The lowest BCUT2D eigenvalue weighted by atomic mass is 9.89. The minimum atomic E-state index is -3.65. The smallest absolute Gasteiger partial charge is 0.243 e. The Morgan fingerprint density at radius 1 is 1.40 bits per heavy atom. The quantitative estimate of drug-likeness (QED) is 0.873. The number of rotatable bonds is 3. The van der Waals surface area contributed by atoms with Gasteiger partial charge in [-0.25, -0.2) is 8.42 Å². The van der Waals surface area contributed by atoms with E-state index in [1.165, 1.54) is 28.6 Å². The number of carbonyl (C=O) groups is 1. The zero-order chi connectivity index (χ0) is 15.0. The summed E-state index contributed by atoms with van der Waals surface area (Å²) in [6.07, 6.45) is 0.415. The van der Waals surface area contributed by atoms with E-state index in [9.17, 15) is 13.2 Å². The average molecular weight is 293 g/mol. The lowest BCUT2D eigenvalue weighted by Gasteiger charge is -2.20. The van der Waals surface area contributed by atoms with Gasteiger partial charge in [0.25, 0.3) is 0 Å². The molecule has 6 nitrogen and oxygen atoms in total. The largest absolute Gasteiger partial charge is 0.369 e. The summed E-state index contributed by atoms with van der Waals surface area (Å²) in [4.78, 5) is 11.5. The van der Waals surface area contributed by atoms with E-state index < -0.39 is 21.3 Å². The standard InChI is InChI=1S/C13H15N3O3S/c1-13(12(15)17)6-7-16(9-13)20(18,19)11-4-2-10(8-14)3-5-11/h2-5H,6-7,9H2,1H3,(H2,15,17). The molecule has 20 heavy (non-hydrogen) atoms. The number of carbonyl (C=O) groups excluding carboxylic acids is 1. The Balaban J connectivity index is 2.28. The number of nitrogens with two attached hydrogens (primary N) is 1. The molecule has 1 saturated heterocycles. The molecule has 1 unspecified atom stereocenters. The van der Waals surface area contributed by atoms with Gasteiger partial charge < -0.3 is 5.73 Å². The van der Waals surface area contributed by atoms with Crippen molar-refractivity contribution in [3.8, 4) is 6.07 Å². The van der Waals surface area contributed by atoms with Gasteiger partial charge in [-0.2, -0.15) is 9.57 Å². The van der Waals surface area contributed by atoms with Gasteiger partial charge in [0, 0.05) is 13.1 Å². The Hall–Kier alpha value is -1.91. The molecule has 1 fully saturated rings. The van der Waals surface area contributed by atoms with Crippen LogP contribution < -0.4 is 5.73 Å². The fraction of sp³-hybridized carbons (Fsp3) is 0.385. The first-order valence-corrected chi connectivity index (χ1v) is 7.54. The van der Waals surface area contributed by atoms with Gasteiger partial charge in [-0.05, 0) is 37.6 Å². The van der Waals surface area contributed by atoms with Gasteiger partial charge in [-0.15, -0.1) is 0 Å². The third kappa shape index (κ3) is 2.40. The first kappa shape index (κ1) is 14.5. The fourth-order valence-electron chi connectivity index (χ4n) is 2.18. The van der Waals surface area contributed by atoms with Crippen molar-refractivity contribution < 1.29 is 13.2 Å². The molecule has 2 N–H and O–H groups in total. The Labute approximate surface area is 117 Å². The van der Waals surface area contributed by atoms with E-state index in [1.807, 2.05) is 6.07 Å². The number of sulfonamides is 1. The Bertz CT molecular complexity index is 676. The van der Waals surface area contributed by atoms with Crippen LogP contribution in [0.25, 0.3) is 0 Å². The molecule has 1 amide bonds. The van der Waals surface area contributed by atoms with E-state index >= 15 is 0 Å². The van der Waals surface area contributed by atoms with Crippen molar-refractivity contribution in [2.75, 3.05) is 13.1 Å². The van der Waals surface area contributed by atoms with Crippen molar-refractivity contribution in [1.29, 1.82) is 5.26 Å². The summed E-state index contributed by atoms with van der Waals surface area (Å²) in [5, 5.41) is 8.71. The maximum Gasteiger partial charge on any atom is 0.243 e. The second-order valence-corrected chi connectivity index (χ2v) is 7.09. The van der Waals surface area contributed by atoms with Gasteiger partial charge in [0.05, 0.1) is 21.9 Å². The first-order chi connectivity index (χ1) is 9.29. The first-order valence-electron chi connectivity index (χ1n) is 6.10. The number of hydrogen-bond acceptors (Lipinski definition) is 4. The third-order valence-corrected chi connectivity index (χ3v) is 5.51. The number of nitriles is 1. The summed E-state index contributed by atoms with van der Waals surface area (Å²) >= 11 is 0. The predicted molar refractivity (Wildman–Crippen MR) is 71.8 cm³/mol. The van der Waals surface area contributed by atoms with Crippen molar-refractivity contribution in [3.63, 3.8) is 0 Å². The molecule has 1 aliphatic heterocycles. The van der Waals surface area contributed by atoms with Crippen LogP contribution in [-0.2, 0) is 14.8 Å². The Kier molecular flexibility index (Phi) is 3.54. The SMILES string of the molecule is CC1(C(N)=O)CCN(S(=O)(=O)c2ccc(C#N)cc2)C1. The van der Waals surface area contributed by atoms with Crippen LogP contribution in [0.3, 0.4) is 0 Å². The fourth-order valence-corrected chi connectivity index (χ4v) is 3.74. The second-order valence-electron chi connectivity index (χ2n) is 5.15. The molecule has 0 bridgehead atoms. The maximum absolute atomic E-state index is 12.4. The summed E-state index contributed by atoms with van der Waals surface area (Å²) in [6, 6.07) is 7.64. The number of nitrogens with zero attached hydrogens (tertiary/aromatic N) is 2. The van der Waals surface area contributed by atoms with Gasteiger partial charge in [-0.1, -0.05) is 0 Å². The zero-order valence-corrected chi connectivity index (χ0v) is 11.9. The van der Waals surface area contributed by atoms with Gasteiger partial charge in [-0.3, -0.25) is 4.79 Å². The summed E-state index contributed by atoms with van der Waals surface area (Å²) in [5.74, 6) is -0.491. The van der Waals surface area contributed by atoms with Crippen LogP contribution in [0, 0.1) is 16.7 Å². The minimum Gasteiger partial charge on any atom is -0.369 e. The van der Waals surface area contributed by atoms with Crippen LogP contribution in [0.1, 0.15) is 18.9 Å². The maximum atomic E-state index is 12.4. The molecule has 7 heteroatoms. The third-order valence-electron chi connectivity index (χ3n) is 3.65. The van der Waals surface area contributed by atoms with Crippen LogP contribution in [0.2, 0.25) is 0 Å². The van der Waals surface area contributed by atoms with E-state index in [2.05, 4.69) is 0 Å². The molecule has 0 aliphatic carbocycles. The van der Waals surface area contributed by atoms with Crippen molar-refractivity contribution in [1.82, 2.24) is 4.31 Å². The predicted octanol–water partition coefficient (Wildman–Crippen LogP) is 0.444. The average Bonchev–Trinajstić information content (AvgIpc) is 2.84. The van der Waals surface area contributed by atoms with E-state index in [0.29, 0.717) is 12.0 Å². The summed E-state index contributed by atoms with van der Waals surface area (Å²) in [7, 11) is -3.65. The molecule has 1 aromatic carbocycles. The van der Waals surface area contributed by atoms with Crippen LogP contribution >= 0.6 is 0 Å².